The number of oxazole rings is 1. The first-order valence-corrected chi connectivity index (χ1v) is 10.9. The summed E-state index contributed by atoms with van der Waals surface area (Å²) in [6, 6.07) is 6.06. The molecule has 7 nitrogen and oxygen atoms in total. The van der Waals surface area contributed by atoms with Gasteiger partial charge in [0, 0.05) is 13.6 Å². The van der Waals surface area contributed by atoms with Crippen LogP contribution >= 0.6 is 0 Å². The number of benzene rings is 1. The van der Waals surface area contributed by atoms with Gasteiger partial charge in [-0.15, -0.1) is 0 Å². The number of aromatic nitrogens is 1. The van der Waals surface area contributed by atoms with Crippen molar-refractivity contribution in [1.29, 1.82) is 0 Å². The van der Waals surface area contributed by atoms with Crippen LogP contribution in [0.2, 0.25) is 0 Å². The van der Waals surface area contributed by atoms with Crippen LogP contribution in [-0.2, 0) is 6.54 Å². The van der Waals surface area contributed by atoms with E-state index >= 15 is 0 Å². The molecule has 1 aromatic carbocycles. The molecule has 1 fully saturated rings. The van der Waals surface area contributed by atoms with Crippen molar-refractivity contribution in [3.63, 3.8) is 0 Å². The van der Waals surface area contributed by atoms with Gasteiger partial charge in [-0.05, 0) is 76.9 Å². The van der Waals surface area contributed by atoms with E-state index in [1.165, 1.54) is 12.1 Å². The Hall–Kier alpha value is -2.61. The van der Waals surface area contributed by atoms with E-state index in [0.717, 1.165) is 62.3 Å². The highest BCUT2D eigenvalue weighted by Crippen LogP contribution is 2.19. The first-order chi connectivity index (χ1) is 14.9. The number of hydrogen-bond donors (Lipinski definition) is 2. The zero-order valence-electron chi connectivity index (χ0n) is 18.9. The van der Waals surface area contributed by atoms with Crippen LogP contribution in [0.15, 0.2) is 33.7 Å². The Kier molecular flexibility index (Phi) is 8.28. The van der Waals surface area contributed by atoms with E-state index in [1.54, 1.807) is 19.2 Å². The second-order valence-corrected chi connectivity index (χ2v) is 8.19. The molecule has 2 N–H and O–H groups in total. The molecule has 2 heterocycles. The Morgan fingerprint density at radius 2 is 1.97 bits per heavy atom. The molecule has 1 unspecified atom stereocenters. The molecular formula is C23H34FN5O2. The average Bonchev–Trinajstić information content (AvgIpc) is 3.07. The first kappa shape index (κ1) is 23.1. The van der Waals surface area contributed by atoms with Gasteiger partial charge >= 0.3 is 0 Å². The Balaban J connectivity index is 1.33. The fourth-order valence-corrected chi connectivity index (χ4v) is 3.64. The van der Waals surface area contributed by atoms with Crippen LogP contribution in [0.25, 0.3) is 0 Å². The third kappa shape index (κ3) is 7.24. The second-order valence-electron chi connectivity index (χ2n) is 8.19. The number of aliphatic imine (C=N–C) groups is 1. The summed E-state index contributed by atoms with van der Waals surface area (Å²) in [5.41, 5.74) is 0.977. The molecule has 1 aliphatic rings. The minimum absolute atomic E-state index is 0.0743. The standard InChI is InChI=1S/C23H34FN5O2/c1-16(30-21-7-5-20(24)6-8-21)13-26-23(25-4)27-14-19-9-11-29(12-10-19)15-22-28-17(2)18(3)31-22/h5-8,16,19H,9-15H2,1-4H3,(H2,25,26,27). The molecule has 0 bridgehead atoms. The Morgan fingerprint density at radius 1 is 1.26 bits per heavy atom. The lowest BCUT2D eigenvalue weighted by Crippen LogP contribution is -2.45. The van der Waals surface area contributed by atoms with Crippen LogP contribution in [0.1, 0.15) is 37.1 Å². The quantitative estimate of drug-likeness (QED) is 0.494. The summed E-state index contributed by atoms with van der Waals surface area (Å²) in [5.74, 6) is 3.48. The maximum Gasteiger partial charge on any atom is 0.208 e. The summed E-state index contributed by atoms with van der Waals surface area (Å²) in [7, 11) is 1.77. The lowest BCUT2D eigenvalue weighted by atomic mass is 9.97. The van der Waals surface area contributed by atoms with Crippen molar-refractivity contribution in [3.8, 4) is 5.75 Å². The molecule has 1 atom stereocenters. The second kappa shape index (κ2) is 11.1. The molecule has 2 aromatic rings. The molecule has 0 aliphatic carbocycles. The number of nitrogens with zero attached hydrogens (tertiary/aromatic N) is 3. The molecular weight excluding hydrogens is 397 g/mol. The molecule has 0 saturated carbocycles. The predicted octanol–water partition coefficient (Wildman–Crippen LogP) is 3.28. The Bertz CT molecular complexity index is 825. The van der Waals surface area contributed by atoms with Crippen LogP contribution < -0.4 is 15.4 Å². The van der Waals surface area contributed by atoms with Crippen LogP contribution in [0, 0.1) is 25.6 Å². The average molecular weight is 432 g/mol. The number of nitrogens with one attached hydrogen (secondary N) is 2. The van der Waals surface area contributed by atoms with E-state index in [4.69, 9.17) is 9.15 Å². The molecule has 1 aliphatic heterocycles. The summed E-state index contributed by atoms with van der Waals surface area (Å²) in [6.07, 6.45) is 2.19. The number of likely N-dealkylation sites (tertiary alicyclic amines) is 1. The van der Waals surface area contributed by atoms with E-state index in [9.17, 15) is 4.39 Å². The number of guanidine groups is 1. The minimum atomic E-state index is -0.267. The smallest absolute Gasteiger partial charge is 0.208 e. The number of aryl methyl sites for hydroxylation is 2. The van der Waals surface area contributed by atoms with Crippen molar-refractivity contribution in [2.75, 3.05) is 33.2 Å². The fourth-order valence-electron chi connectivity index (χ4n) is 3.64. The van der Waals surface area contributed by atoms with E-state index in [2.05, 4.69) is 25.5 Å². The van der Waals surface area contributed by atoms with Crippen molar-refractivity contribution in [2.45, 2.75) is 46.3 Å². The molecule has 1 saturated heterocycles. The van der Waals surface area contributed by atoms with Crippen LogP contribution in [0.3, 0.4) is 0 Å². The number of piperidine rings is 1. The fraction of sp³-hybridized carbons (Fsp3) is 0.565. The van der Waals surface area contributed by atoms with Gasteiger partial charge in [0.25, 0.3) is 0 Å². The summed E-state index contributed by atoms with van der Waals surface area (Å²) in [4.78, 5) is 11.2. The Labute approximate surface area is 184 Å². The molecule has 8 heteroatoms. The maximum absolute atomic E-state index is 13.0. The molecule has 0 radical (unpaired) electrons. The van der Waals surface area contributed by atoms with Gasteiger partial charge in [0.05, 0.1) is 18.8 Å². The Morgan fingerprint density at radius 3 is 2.58 bits per heavy atom. The summed E-state index contributed by atoms with van der Waals surface area (Å²) in [6.45, 7) is 10.3. The third-order valence-electron chi connectivity index (χ3n) is 5.63. The van der Waals surface area contributed by atoms with E-state index in [0.29, 0.717) is 18.2 Å². The van der Waals surface area contributed by atoms with Crippen molar-refractivity contribution in [2.24, 2.45) is 10.9 Å². The van der Waals surface area contributed by atoms with E-state index in [-0.39, 0.29) is 11.9 Å². The lowest BCUT2D eigenvalue weighted by Gasteiger charge is -2.31. The molecule has 170 valence electrons. The van der Waals surface area contributed by atoms with Gasteiger partial charge in [-0.25, -0.2) is 9.37 Å². The minimum Gasteiger partial charge on any atom is -0.489 e. The highest BCUT2D eigenvalue weighted by Gasteiger charge is 2.21. The summed E-state index contributed by atoms with van der Waals surface area (Å²) >= 11 is 0. The molecule has 0 spiro atoms. The van der Waals surface area contributed by atoms with Crippen LogP contribution in [0.4, 0.5) is 4.39 Å². The number of halogens is 1. The summed E-state index contributed by atoms with van der Waals surface area (Å²) < 4.78 is 24.5. The third-order valence-corrected chi connectivity index (χ3v) is 5.63. The van der Waals surface area contributed by atoms with Crippen LogP contribution in [0.5, 0.6) is 5.75 Å². The highest BCUT2D eigenvalue weighted by molar-refractivity contribution is 5.79. The van der Waals surface area contributed by atoms with Crippen LogP contribution in [-0.4, -0.2) is 55.2 Å². The maximum atomic E-state index is 13.0. The number of ether oxygens (including phenoxy) is 1. The van der Waals surface area contributed by atoms with Gasteiger partial charge in [0.1, 0.15) is 23.4 Å². The van der Waals surface area contributed by atoms with Crippen molar-refractivity contribution >= 4 is 5.96 Å². The first-order valence-electron chi connectivity index (χ1n) is 10.9. The monoisotopic (exact) mass is 431 g/mol. The van der Waals surface area contributed by atoms with Gasteiger partial charge in [-0.2, -0.15) is 0 Å². The SMILES string of the molecule is CN=C(NCC1CCN(Cc2nc(C)c(C)o2)CC1)NCC(C)Oc1ccc(F)cc1. The van der Waals surface area contributed by atoms with Gasteiger partial charge in [-0.1, -0.05) is 0 Å². The topological polar surface area (TPSA) is 74.9 Å². The predicted molar refractivity (Wildman–Crippen MR) is 120 cm³/mol. The van der Waals surface area contributed by atoms with Crippen molar-refractivity contribution < 1.29 is 13.5 Å². The van der Waals surface area contributed by atoms with E-state index in [1.807, 2.05) is 20.8 Å². The number of rotatable bonds is 8. The van der Waals surface area contributed by atoms with E-state index < -0.39 is 0 Å². The zero-order chi connectivity index (χ0) is 22.2. The van der Waals surface area contributed by atoms with Crippen molar-refractivity contribution in [3.05, 3.63) is 47.4 Å². The van der Waals surface area contributed by atoms with Crippen molar-refractivity contribution in [1.82, 2.24) is 20.5 Å². The highest BCUT2D eigenvalue weighted by atomic mass is 19.1. The zero-order valence-corrected chi connectivity index (χ0v) is 18.9. The lowest BCUT2D eigenvalue weighted by molar-refractivity contribution is 0.164. The number of hydrogen-bond acceptors (Lipinski definition) is 5. The summed E-state index contributed by atoms with van der Waals surface area (Å²) in [5, 5.41) is 6.72. The molecule has 1 aromatic heterocycles. The van der Waals surface area contributed by atoms with Gasteiger partial charge in [0.2, 0.25) is 5.89 Å². The largest absolute Gasteiger partial charge is 0.489 e. The molecule has 0 amide bonds. The molecule has 31 heavy (non-hydrogen) atoms. The van der Waals surface area contributed by atoms with Gasteiger partial charge in [-0.3, -0.25) is 9.89 Å². The van der Waals surface area contributed by atoms with Gasteiger partial charge < -0.3 is 19.8 Å². The molecule has 3 rings (SSSR count). The normalized spacial score (nSPS) is 16.9. The van der Waals surface area contributed by atoms with Gasteiger partial charge in [0.15, 0.2) is 5.96 Å².